The van der Waals surface area contributed by atoms with Crippen LogP contribution in [-0.4, -0.2) is 84.6 Å². The largest absolute Gasteiger partial charge is 0.465 e. The number of benzene rings is 1. The van der Waals surface area contributed by atoms with E-state index in [4.69, 9.17) is 18.9 Å². The third-order valence-electron chi connectivity index (χ3n) is 5.01. The van der Waals surface area contributed by atoms with E-state index in [1.54, 1.807) is 26.0 Å². The number of alkyl carbamates (subject to hydrolysis) is 1. The normalized spacial score (nSPS) is 15.1. The molecule has 0 saturated carbocycles. The summed E-state index contributed by atoms with van der Waals surface area (Å²) >= 11 is 0. The Balaban J connectivity index is 2.04. The van der Waals surface area contributed by atoms with E-state index in [1.807, 2.05) is 18.2 Å². The SMILES string of the molecule is CCOP(=O)(CC[C@H](NC(=O)OCc1ccccc1)C(=O)N1CCN(C(=O)O)CC1)OCC. The molecule has 1 aliphatic rings. The number of carbonyl (C=O) groups excluding carboxylic acids is 2. The first-order valence-electron chi connectivity index (χ1n) is 10.9. The fourth-order valence-corrected chi connectivity index (χ4v) is 5.04. The van der Waals surface area contributed by atoms with Crippen LogP contribution in [0.3, 0.4) is 0 Å². The number of hydrogen-bond donors (Lipinski definition) is 2. The van der Waals surface area contributed by atoms with Crippen molar-refractivity contribution in [2.75, 3.05) is 45.6 Å². The molecule has 1 atom stereocenters. The van der Waals surface area contributed by atoms with Crippen LogP contribution in [0.5, 0.6) is 0 Å². The molecule has 1 aliphatic heterocycles. The van der Waals surface area contributed by atoms with Crippen LogP contribution in [0.4, 0.5) is 9.59 Å². The third kappa shape index (κ3) is 8.68. The lowest BCUT2D eigenvalue weighted by Gasteiger charge is -2.35. The summed E-state index contributed by atoms with van der Waals surface area (Å²) in [5.41, 5.74) is 0.789. The van der Waals surface area contributed by atoms with Gasteiger partial charge < -0.3 is 34.0 Å². The summed E-state index contributed by atoms with van der Waals surface area (Å²) in [6, 6.07) is 8.06. The molecule has 0 unspecified atom stereocenters. The molecule has 1 heterocycles. The molecule has 0 aliphatic carbocycles. The Kier molecular flexibility index (Phi) is 10.6. The molecular formula is C21H32N3O8P. The van der Waals surface area contributed by atoms with Crippen molar-refractivity contribution in [3.63, 3.8) is 0 Å². The Labute approximate surface area is 193 Å². The van der Waals surface area contributed by atoms with Crippen molar-refractivity contribution in [1.82, 2.24) is 15.1 Å². The first-order valence-corrected chi connectivity index (χ1v) is 12.6. The van der Waals surface area contributed by atoms with Gasteiger partial charge in [0.2, 0.25) is 5.91 Å². The van der Waals surface area contributed by atoms with Gasteiger partial charge in [-0.15, -0.1) is 0 Å². The summed E-state index contributed by atoms with van der Waals surface area (Å²) in [6.45, 7) is 4.49. The Morgan fingerprint density at radius 1 is 1.03 bits per heavy atom. The standard InChI is InChI=1S/C21H32N3O8P/c1-3-31-33(29,32-4-2)15-10-18(19(25)23-11-13-24(14-12-23)21(27)28)22-20(26)30-16-17-8-6-5-7-9-17/h5-9,18H,3-4,10-16H2,1-2H3,(H,22,26)(H,27,28)/t18-/m0/s1. The van der Waals surface area contributed by atoms with Gasteiger partial charge in [-0.25, -0.2) is 9.59 Å². The van der Waals surface area contributed by atoms with Gasteiger partial charge in [-0.1, -0.05) is 30.3 Å². The van der Waals surface area contributed by atoms with Crippen molar-refractivity contribution in [2.24, 2.45) is 0 Å². The quantitative estimate of drug-likeness (QED) is 0.457. The minimum atomic E-state index is -3.43. The second kappa shape index (κ2) is 13.2. The minimum absolute atomic E-state index is 0.00962. The highest BCUT2D eigenvalue weighted by Crippen LogP contribution is 2.48. The minimum Gasteiger partial charge on any atom is -0.465 e. The first-order chi connectivity index (χ1) is 15.8. The van der Waals surface area contributed by atoms with Gasteiger partial charge in [0.15, 0.2) is 0 Å². The zero-order chi connectivity index (χ0) is 24.3. The Hall–Kier alpha value is -2.62. The van der Waals surface area contributed by atoms with Gasteiger partial charge in [-0.3, -0.25) is 9.36 Å². The van der Waals surface area contributed by atoms with E-state index in [9.17, 15) is 18.9 Å². The molecular weight excluding hydrogens is 453 g/mol. The van der Waals surface area contributed by atoms with Crippen molar-refractivity contribution in [3.05, 3.63) is 35.9 Å². The van der Waals surface area contributed by atoms with Gasteiger partial charge >= 0.3 is 19.8 Å². The number of amides is 3. The Bertz CT molecular complexity index is 820. The number of nitrogens with one attached hydrogen (secondary N) is 1. The number of ether oxygens (including phenoxy) is 1. The lowest BCUT2D eigenvalue weighted by atomic mass is 10.1. The predicted molar refractivity (Wildman–Crippen MR) is 120 cm³/mol. The molecule has 0 spiro atoms. The fraction of sp³-hybridized carbons (Fsp3) is 0.571. The number of hydrogen-bond acceptors (Lipinski definition) is 7. The molecule has 184 valence electrons. The molecule has 12 heteroatoms. The number of carboxylic acid groups (broad SMARTS) is 1. The number of rotatable bonds is 11. The molecule has 1 saturated heterocycles. The van der Waals surface area contributed by atoms with Crippen LogP contribution in [0.15, 0.2) is 30.3 Å². The topological polar surface area (TPSA) is 135 Å². The number of piperazine rings is 1. The van der Waals surface area contributed by atoms with Crippen LogP contribution in [0.1, 0.15) is 25.8 Å². The van der Waals surface area contributed by atoms with Crippen LogP contribution >= 0.6 is 7.60 Å². The van der Waals surface area contributed by atoms with Crippen molar-refractivity contribution in [2.45, 2.75) is 32.9 Å². The highest BCUT2D eigenvalue weighted by Gasteiger charge is 2.33. The molecule has 0 radical (unpaired) electrons. The van der Waals surface area contributed by atoms with E-state index in [1.165, 1.54) is 9.80 Å². The van der Waals surface area contributed by atoms with E-state index < -0.39 is 31.7 Å². The maximum Gasteiger partial charge on any atom is 0.408 e. The van der Waals surface area contributed by atoms with Crippen molar-refractivity contribution >= 4 is 25.7 Å². The van der Waals surface area contributed by atoms with E-state index in [2.05, 4.69) is 5.32 Å². The summed E-state index contributed by atoms with van der Waals surface area (Å²) in [4.78, 5) is 39.4. The van der Waals surface area contributed by atoms with Crippen LogP contribution in [0, 0.1) is 0 Å². The Morgan fingerprint density at radius 3 is 2.15 bits per heavy atom. The monoisotopic (exact) mass is 485 g/mol. The average Bonchev–Trinajstić information content (AvgIpc) is 2.81. The van der Waals surface area contributed by atoms with Crippen LogP contribution in [0.25, 0.3) is 0 Å². The molecule has 33 heavy (non-hydrogen) atoms. The van der Waals surface area contributed by atoms with Crippen molar-refractivity contribution in [1.29, 1.82) is 0 Å². The number of carbonyl (C=O) groups is 3. The highest BCUT2D eigenvalue weighted by molar-refractivity contribution is 7.53. The molecule has 2 rings (SSSR count). The summed E-state index contributed by atoms with van der Waals surface area (Å²) in [5, 5.41) is 11.7. The van der Waals surface area contributed by atoms with E-state index in [0.29, 0.717) is 0 Å². The van der Waals surface area contributed by atoms with Gasteiger partial charge in [0, 0.05) is 26.2 Å². The van der Waals surface area contributed by atoms with Gasteiger partial charge in [-0.05, 0) is 25.8 Å². The molecule has 0 bridgehead atoms. The molecule has 2 N–H and O–H groups in total. The smallest absolute Gasteiger partial charge is 0.408 e. The second-order valence-electron chi connectivity index (χ2n) is 7.31. The summed E-state index contributed by atoms with van der Waals surface area (Å²) in [6.07, 6.45) is -1.89. The molecule has 1 aromatic carbocycles. The first kappa shape index (κ1) is 26.6. The van der Waals surface area contributed by atoms with Crippen molar-refractivity contribution < 1.29 is 37.8 Å². The van der Waals surface area contributed by atoms with E-state index >= 15 is 0 Å². The summed E-state index contributed by atoms with van der Waals surface area (Å²) < 4.78 is 28.7. The fourth-order valence-electron chi connectivity index (χ4n) is 3.35. The van der Waals surface area contributed by atoms with Crippen LogP contribution in [0.2, 0.25) is 0 Å². The zero-order valence-electron chi connectivity index (χ0n) is 19.0. The maximum absolute atomic E-state index is 13.1. The molecule has 11 nitrogen and oxygen atoms in total. The van der Waals surface area contributed by atoms with Gasteiger partial charge in [-0.2, -0.15) is 0 Å². The number of nitrogens with zero attached hydrogens (tertiary/aromatic N) is 2. The third-order valence-corrected chi connectivity index (χ3v) is 7.12. The lowest BCUT2D eigenvalue weighted by Crippen LogP contribution is -2.55. The van der Waals surface area contributed by atoms with Gasteiger partial charge in [0.1, 0.15) is 12.6 Å². The Morgan fingerprint density at radius 2 is 1.61 bits per heavy atom. The summed E-state index contributed by atoms with van der Waals surface area (Å²) in [7, 11) is -3.43. The molecule has 3 amide bonds. The molecule has 0 aromatic heterocycles. The van der Waals surface area contributed by atoms with Gasteiger partial charge in [0.05, 0.1) is 19.4 Å². The van der Waals surface area contributed by atoms with Crippen LogP contribution in [-0.2, 0) is 29.8 Å². The highest BCUT2D eigenvalue weighted by atomic mass is 31.2. The second-order valence-corrected chi connectivity index (χ2v) is 9.50. The van der Waals surface area contributed by atoms with Crippen molar-refractivity contribution in [3.8, 4) is 0 Å². The molecule has 1 aromatic rings. The lowest BCUT2D eigenvalue weighted by molar-refractivity contribution is -0.135. The van der Waals surface area contributed by atoms with Crippen LogP contribution < -0.4 is 5.32 Å². The predicted octanol–water partition coefficient (Wildman–Crippen LogP) is 2.76. The average molecular weight is 485 g/mol. The van der Waals surface area contributed by atoms with E-state index in [0.717, 1.165) is 5.56 Å². The molecule has 1 fully saturated rings. The van der Waals surface area contributed by atoms with Gasteiger partial charge in [0.25, 0.3) is 0 Å². The zero-order valence-corrected chi connectivity index (χ0v) is 19.9. The maximum atomic E-state index is 13.1. The summed E-state index contributed by atoms with van der Waals surface area (Å²) in [5.74, 6) is -0.406. The van der Waals surface area contributed by atoms with E-state index in [-0.39, 0.29) is 58.6 Å².